The summed E-state index contributed by atoms with van der Waals surface area (Å²) in [5.41, 5.74) is 8.60. The van der Waals surface area contributed by atoms with E-state index in [1.54, 1.807) is 42.5 Å². The average Bonchev–Trinajstić information content (AvgIpc) is 3.70. The predicted octanol–water partition coefficient (Wildman–Crippen LogP) is 6.50. The number of aromatic hydroxyl groups is 2. The Hall–Kier alpha value is -4.72. The number of amides is 1. The molecule has 47 heavy (non-hydrogen) atoms. The average molecular weight is 685 g/mol. The first-order valence-corrected chi connectivity index (χ1v) is 16.1. The quantitative estimate of drug-likeness (QED) is 0.122. The van der Waals surface area contributed by atoms with E-state index < -0.39 is 17.9 Å². The zero-order chi connectivity index (χ0) is 35.3. The van der Waals surface area contributed by atoms with E-state index in [2.05, 4.69) is 10.1 Å². The summed E-state index contributed by atoms with van der Waals surface area (Å²) >= 11 is 2.09. The Morgan fingerprint density at radius 2 is 1.19 bits per heavy atom. The number of carboxylic acid groups (broad SMARTS) is 1. The SMILES string of the molecule is COC(=O)c1sc(C(=O)NCc2cccc(O)c2)cc1C(C)C.COC(=O)c1sc(C(=O)O)cc1C(C)C.NCc1cccc(O)c1. The minimum Gasteiger partial charge on any atom is -0.508 e. The molecule has 4 rings (SSSR count). The normalized spacial score (nSPS) is 10.3. The van der Waals surface area contributed by atoms with Crippen molar-refractivity contribution in [2.75, 3.05) is 14.2 Å². The highest BCUT2D eigenvalue weighted by atomic mass is 32.1. The summed E-state index contributed by atoms with van der Waals surface area (Å²) in [6.45, 7) is 8.51. The number of hydrogen-bond donors (Lipinski definition) is 5. The number of phenols is 2. The molecule has 0 aliphatic carbocycles. The Bertz CT molecular complexity index is 1680. The van der Waals surface area contributed by atoms with Crippen LogP contribution in [0.1, 0.15) is 100 Å². The monoisotopic (exact) mass is 684 g/mol. The molecule has 0 unspecified atom stereocenters. The van der Waals surface area contributed by atoms with E-state index in [-0.39, 0.29) is 34.1 Å². The van der Waals surface area contributed by atoms with Gasteiger partial charge in [0.25, 0.3) is 5.91 Å². The van der Waals surface area contributed by atoms with Gasteiger partial charge in [0.2, 0.25) is 0 Å². The number of nitrogens with one attached hydrogen (secondary N) is 1. The highest BCUT2D eigenvalue weighted by Gasteiger charge is 2.22. The van der Waals surface area contributed by atoms with E-state index in [9.17, 15) is 24.3 Å². The molecule has 6 N–H and O–H groups in total. The molecule has 0 atom stereocenters. The number of carboxylic acids is 1. The summed E-state index contributed by atoms with van der Waals surface area (Å²) < 4.78 is 9.37. The predicted molar refractivity (Wildman–Crippen MR) is 182 cm³/mol. The van der Waals surface area contributed by atoms with Gasteiger partial charge in [-0.2, -0.15) is 0 Å². The van der Waals surface area contributed by atoms with Crippen molar-refractivity contribution in [3.05, 3.63) is 102 Å². The molecule has 2 aromatic heterocycles. The van der Waals surface area contributed by atoms with Crippen LogP contribution in [0.25, 0.3) is 0 Å². The number of hydrogen-bond acceptors (Lipinski definition) is 11. The van der Waals surface area contributed by atoms with Crippen molar-refractivity contribution in [3.63, 3.8) is 0 Å². The molecule has 252 valence electrons. The van der Waals surface area contributed by atoms with E-state index in [0.717, 1.165) is 44.9 Å². The maximum Gasteiger partial charge on any atom is 0.348 e. The van der Waals surface area contributed by atoms with E-state index >= 15 is 0 Å². The summed E-state index contributed by atoms with van der Waals surface area (Å²) in [5, 5.41) is 29.9. The first-order valence-electron chi connectivity index (χ1n) is 14.4. The molecule has 0 bridgehead atoms. The van der Waals surface area contributed by atoms with E-state index in [0.29, 0.717) is 27.7 Å². The molecule has 11 nitrogen and oxygen atoms in total. The van der Waals surface area contributed by atoms with Crippen LogP contribution in [0.3, 0.4) is 0 Å². The van der Waals surface area contributed by atoms with Gasteiger partial charge in [-0.3, -0.25) is 4.79 Å². The van der Waals surface area contributed by atoms with Gasteiger partial charge in [0.1, 0.15) is 26.1 Å². The zero-order valence-corrected chi connectivity index (χ0v) is 28.7. The van der Waals surface area contributed by atoms with E-state index in [1.807, 2.05) is 39.8 Å². The third kappa shape index (κ3) is 11.5. The lowest BCUT2D eigenvalue weighted by molar-refractivity contribution is 0.0595. The number of aromatic carboxylic acids is 1. The van der Waals surface area contributed by atoms with Crippen LogP contribution in [0.2, 0.25) is 0 Å². The van der Waals surface area contributed by atoms with Gasteiger partial charge in [-0.1, -0.05) is 52.0 Å². The van der Waals surface area contributed by atoms with Crippen molar-refractivity contribution in [2.24, 2.45) is 5.73 Å². The number of rotatable bonds is 9. The fraction of sp³-hybridized carbons (Fsp3) is 0.294. The van der Waals surface area contributed by atoms with E-state index in [1.165, 1.54) is 20.3 Å². The summed E-state index contributed by atoms with van der Waals surface area (Å²) in [6, 6.07) is 16.9. The third-order valence-electron chi connectivity index (χ3n) is 6.45. The Balaban J connectivity index is 0.000000273. The second kappa shape index (κ2) is 18.4. The van der Waals surface area contributed by atoms with Crippen molar-refractivity contribution in [1.82, 2.24) is 5.32 Å². The number of carbonyl (C=O) groups is 4. The van der Waals surface area contributed by atoms with Gasteiger partial charge in [0.15, 0.2) is 0 Å². The van der Waals surface area contributed by atoms with Gasteiger partial charge >= 0.3 is 17.9 Å². The molecule has 0 radical (unpaired) electrons. The van der Waals surface area contributed by atoms with Gasteiger partial charge in [-0.15, -0.1) is 22.7 Å². The van der Waals surface area contributed by atoms with Crippen LogP contribution in [0.4, 0.5) is 0 Å². The minimum atomic E-state index is -1.02. The van der Waals surface area contributed by atoms with Crippen molar-refractivity contribution in [2.45, 2.75) is 52.6 Å². The number of esters is 2. The molecule has 4 aromatic rings. The number of thiophene rings is 2. The molecule has 0 aliphatic heterocycles. The summed E-state index contributed by atoms with van der Waals surface area (Å²) in [5.74, 6) is -1.52. The maximum absolute atomic E-state index is 12.3. The summed E-state index contributed by atoms with van der Waals surface area (Å²) in [4.78, 5) is 47.7. The van der Waals surface area contributed by atoms with Crippen molar-refractivity contribution in [1.29, 1.82) is 0 Å². The maximum atomic E-state index is 12.3. The minimum absolute atomic E-state index is 0.100. The molecular formula is C34H40N2O9S2. The second-order valence-corrected chi connectivity index (χ2v) is 12.7. The molecule has 2 heterocycles. The summed E-state index contributed by atoms with van der Waals surface area (Å²) in [7, 11) is 2.61. The van der Waals surface area contributed by atoms with Gasteiger partial charge < -0.3 is 35.8 Å². The lowest BCUT2D eigenvalue weighted by Gasteiger charge is -2.04. The van der Waals surface area contributed by atoms with Crippen molar-refractivity contribution >= 4 is 46.5 Å². The number of methoxy groups -OCH3 is 2. The molecule has 1 amide bonds. The fourth-order valence-electron chi connectivity index (χ4n) is 4.01. The van der Waals surface area contributed by atoms with Gasteiger partial charge in [-0.05, 0) is 70.5 Å². The van der Waals surface area contributed by atoms with Crippen LogP contribution in [0, 0.1) is 0 Å². The van der Waals surface area contributed by atoms with Crippen LogP contribution >= 0.6 is 22.7 Å². The Kier molecular flexibility index (Phi) is 15.1. The van der Waals surface area contributed by atoms with Gasteiger partial charge in [0.05, 0.1) is 19.1 Å². The molecule has 0 saturated carbocycles. The van der Waals surface area contributed by atoms with Gasteiger partial charge in [-0.25, -0.2) is 14.4 Å². The molecule has 2 aromatic carbocycles. The molecular weight excluding hydrogens is 645 g/mol. The first-order chi connectivity index (χ1) is 22.2. The van der Waals surface area contributed by atoms with Crippen LogP contribution in [-0.2, 0) is 22.6 Å². The number of ether oxygens (including phenoxy) is 2. The number of nitrogens with two attached hydrogens (primary N) is 1. The van der Waals surface area contributed by atoms with Crippen LogP contribution < -0.4 is 11.1 Å². The third-order valence-corrected chi connectivity index (χ3v) is 8.70. The topological polar surface area (TPSA) is 185 Å². The Morgan fingerprint density at radius 3 is 1.60 bits per heavy atom. The van der Waals surface area contributed by atoms with Crippen molar-refractivity contribution in [3.8, 4) is 11.5 Å². The zero-order valence-electron chi connectivity index (χ0n) is 27.0. The molecule has 0 saturated heterocycles. The number of carbonyl (C=O) groups excluding carboxylic acids is 3. The standard InChI is InChI=1S/C17H19NO4S.C10H12O4S.C7H9NO/c1-10(2)13-8-14(23-15(13)17(21)22-3)16(20)18-9-11-5-4-6-12(19)7-11;1-5(2)6-4-7(9(11)12)15-8(6)10(13)14-3;8-5-6-2-1-3-7(9)4-6/h4-8,10,19H,9H2,1-3H3,(H,18,20);4-5H,1-3H3,(H,11,12);1-4,9H,5,8H2. The van der Waals surface area contributed by atoms with Crippen LogP contribution in [0.5, 0.6) is 11.5 Å². The lowest BCUT2D eigenvalue weighted by Crippen LogP contribution is -2.21. The van der Waals surface area contributed by atoms with Crippen molar-refractivity contribution < 1.29 is 44.0 Å². The Morgan fingerprint density at radius 1 is 0.745 bits per heavy atom. The highest BCUT2D eigenvalue weighted by molar-refractivity contribution is 7.16. The number of benzene rings is 2. The smallest absolute Gasteiger partial charge is 0.348 e. The molecule has 0 spiro atoms. The highest BCUT2D eigenvalue weighted by Crippen LogP contribution is 2.30. The molecule has 13 heteroatoms. The largest absolute Gasteiger partial charge is 0.508 e. The Labute approximate surface area is 281 Å². The van der Waals surface area contributed by atoms with Crippen LogP contribution in [0.15, 0.2) is 60.7 Å². The van der Waals surface area contributed by atoms with Gasteiger partial charge in [0, 0.05) is 13.1 Å². The summed E-state index contributed by atoms with van der Waals surface area (Å²) in [6.07, 6.45) is 0. The fourth-order valence-corrected chi connectivity index (χ4v) is 6.23. The second-order valence-electron chi connectivity index (χ2n) is 10.6. The molecule has 0 aliphatic rings. The lowest BCUT2D eigenvalue weighted by atomic mass is 10.0. The molecule has 0 fully saturated rings. The first kappa shape index (κ1) is 38.5. The number of phenolic OH excluding ortho intramolecular Hbond substituents is 2. The van der Waals surface area contributed by atoms with E-state index in [4.69, 9.17) is 20.7 Å². The van der Waals surface area contributed by atoms with Crippen LogP contribution in [-0.4, -0.2) is 53.4 Å².